The van der Waals surface area contributed by atoms with E-state index in [9.17, 15) is 24.0 Å². The number of primary amides is 1. The highest BCUT2D eigenvalue weighted by atomic mass is 16.2. The lowest BCUT2D eigenvalue weighted by Crippen LogP contribution is -2.54. The van der Waals surface area contributed by atoms with Gasteiger partial charge in [-0.2, -0.15) is 0 Å². The van der Waals surface area contributed by atoms with Gasteiger partial charge in [0.05, 0.1) is 6.04 Å². The summed E-state index contributed by atoms with van der Waals surface area (Å²) in [5.74, 6) is 0.320. The first-order valence-electron chi connectivity index (χ1n) is 24.7. The molecule has 0 aliphatic carbocycles. The Morgan fingerprint density at radius 1 is 0.508 bits per heavy atom. The van der Waals surface area contributed by atoms with E-state index in [0.717, 1.165) is 69.8 Å². The predicted octanol–water partition coefficient (Wildman–Crippen LogP) is 3.92. The van der Waals surface area contributed by atoms with Gasteiger partial charge in [0, 0.05) is 63.3 Å². The quantitative estimate of drug-likeness (QED) is 0.0426. The van der Waals surface area contributed by atoms with Crippen molar-refractivity contribution in [3.8, 4) is 0 Å². The van der Waals surface area contributed by atoms with Crippen LogP contribution in [-0.2, 0) is 11.2 Å². The van der Waals surface area contributed by atoms with E-state index in [2.05, 4.69) is 68.6 Å². The van der Waals surface area contributed by atoms with Gasteiger partial charge in [0.15, 0.2) is 0 Å². The molecule has 1 rings (SSSR count). The number of nitrogens with one attached hydrogen (secondary N) is 9. The van der Waals surface area contributed by atoms with Gasteiger partial charge in [-0.1, -0.05) is 109 Å². The molecule has 17 N–H and O–H groups in total. The van der Waals surface area contributed by atoms with E-state index in [0.29, 0.717) is 70.7 Å². The van der Waals surface area contributed by atoms with Crippen LogP contribution in [0, 0.1) is 5.92 Å². The lowest BCUT2D eigenvalue weighted by molar-refractivity contribution is -0.121. The first-order valence-corrected chi connectivity index (χ1v) is 24.7. The number of hydrogen-bond donors (Lipinski definition) is 13. The van der Waals surface area contributed by atoms with Crippen molar-refractivity contribution in [2.45, 2.75) is 173 Å². The zero-order chi connectivity index (χ0) is 47.9. The average Bonchev–Trinajstić information content (AvgIpc) is 3.27. The molecule has 0 aliphatic heterocycles. The monoisotopic (exact) mass is 918 g/mol. The number of rotatable bonds is 39. The van der Waals surface area contributed by atoms with Crippen molar-refractivity contribution in [1.82, 2.24) is 47.9 Å². The van der Waals surface area contributed by atoms with Crippen molar-refractivity contribution >= 4 is 30.0 Å². The summed E-state index contributed by atoms with van der Waals surface area (Å²) in [6.07, 6.45) is 16.4. The summed E-state index contributed by atoms with van der Waals surface area (Å²) >= 11 is 0. The third-order valence-corrected chi connectivity index (χ3v) is 11.2. The molecule has 65 heavy (non-hydrogen) atoms. The van der Waals surface area contributed by atoms with Gasteiger partial charge in [-0.25, -0.2) is 19.2 Å². The number of benzene rings is 1. The molecular formula is C47H91N13O5. The van der Waals surface area contributed by atoms with Crippen LogP contribution in [-0.4, -0.2) is 113 Å². The second kappa shape index (κ2) is 38.8. The number of urea groups is 4. The van der Waals surface area contributed by atoms with Crippen molar-refractivity contribution in [1.29, 1.82) is 0 Å². The lowest BCUT2D eigenvalue weighted by atomic mass is 10.0. The van der Waals surface area contributed by atoms with Crippen molar-refractivity contribution in [3.05, 3.63) is 35.9 Å². The maximum atomic E-state index is 13.4. The Hall–Kier alpha value is -4.39. The van der Waals surface area contributed by atoms with Crippen LogP contribution in [0.4, 0.5) is 19.2 Å². The normalized spacial score (nSPS) is 13.5. The highest BCUT2D eigenvalue weighted by Crippen LogP contribution is 2.10. The van der Waals surface area contributed by atoms with E-state index in [1.54, 1.807) is 0 Å². The Labute approximate surface area is 391 Å². The molecule has 0 saturated carbocycles. The smallest absolute Gasteiger partial charge is 0.315 e. The minimum Gasteiger partial charge on any atom is -0.352 e. The second-order valence-electron chi connectivity index (χ2n) is 17.8. The van der Waals surface area contributed by atoms with E-state index < -0.39 is 6.03 Å². The van der Waals surface area contributed by atoms with Gasteiger partial charge in [0.1, 0.15) is 0 Å². The topological polar surface area (TPSA) is 298 Å². The van der Waals surface area contributed by atoms with Crippen molar-refractivity contribution in [2.24, 2.45) is 28.9 Å². The van der Waals surface area contributed by atoms with Gasteiger partial charge in [0.25, 0.3) is 0 Å². The largest absolute Gasteiger partial charge is 0.352 e. The van der Waals surface area contributed by atoms with Gasteiger partial charge < -0.3 is 70.8 Å². The van der Waals surface area contributed by atoms with E-state index in [-0.39, 0.29) is 73.8 Å². The average molecular weight is 918 g/mol. The number of carbonyl (C=O) groups excluding carboxylic acids is 5. The summed E-state index contributed by atoms with van der Waals surface area (Å²) < 4.78 is 0. The summed E-state index contributed by atoms with van der Waals surface area (Å²) in [4.78, 5) is 64.0. The molecule has 0 heterocycles. The molecule has 18 heteroatoms. The Morgan fingerprint density at radius 2 is 0.954 bits per heavy atom. The van der Waals surface area contributed by atoms with Crippen molar-refractivity contribution in [3.63, 3.8) is 0 Å². The van der Waals surface area contributed by atoms with Crippen LogP contribution in [0.5, 0.6) is 0 Å². The fraction of sp³-hybridized carbons (Fsp3) is 0.766. The van der Waals surface area contributed by atoms with Crippen LogP contribution >= 0.6 is 0 Å². The molecule has 0 unspecified atom stereocenters. The van der Waals surface area contributed by atoms with Crippen molar-refractivity contribution < 1.29 is 24.0 Å². The van der Waals surface area contributed by atoms with Gasteiger partial charge in [-0.3, -0.25) is 4.79 Å². The van der Waals surface area contributed by atoms with Crippen LogP contribution in [0.25, 0.3) is 0 Å². The molecule has 0 aliphatic rings. The number of amides is 9. The summed E-state index contributed by atoms with van der Waals surface area (Å²) in [5.41, 5.74) is 23.6. The summed E-state index contributed by atoms with van der Waals surface area (Å²) in [6.45, 7) is 9.50. The minimum absolute atomic E-state index is 0.0150. The fourth-order valence-corrected chi connectivity index (χ4v) is 7.59. The molecule has 0 saturated heterocycles. The Balaban J connectivity index is 2.86. The molecule has 0 bridgehead atoms. The fourth-order valence-electron chi connectivity index (χ4n) is 7.59. The highest BCUT2D eigenvalue weighted by molar-refractivity contribution is 5.77. The van der Waals surface area contributed by atoms with Gasteiger partial charge >= 0.3 is 24.1 Å². The summed E-state index contributed by atoms with van der Waals surface area (Å²) in [5, 5.41) is 27.3. The van der Waals surface area contributed by atoms with Gasteiger partial charge in [0.2, 0.25) is 5.91 Å². The molecule has 18 nitrogen and oxygen atoms in total. The van der Waals surface area contributed by atoms with Gasteiger partial charge in [-0.15, -0.1) is 0 Å². The maximum absolute atomic E-state index is 13.4. The standard InChI is InChI=1S/C47H91N13O5/c1-4-5-6-7-8-9-13-25-43(61)57-42(30-37-20-11-10-12-21-37)35-56-47(65)60-40(24-16-19-28-50)33-54-45(63)58-38(22-14-17-26-48)31-52-41(29-36(2)3)34-55-46(64)59-39(23-15-18-27-49)32-53-44(51)62/h10-12,20-21,36,38-42,52H,4-9,13-19,22-35,48-50H2,1-3H3,(H,57,61)(H3,51,53,62)(H2,54,58,63)(H2,55,59,64)(H2,56,60,65)/t38-,39-,40-,41-,42-/m0/s1. The summed E-state index contributed by atoms with van der Waals surface area (Å²) in [6, 6.07) is 6.90. The van der Waals surface area contributed by atoms with Gasteiger partial charge in [-0.05, 0) is 88.9 Å². The molecule has 9 amide bonds. The lowest BCUT2D eigenvalue weighted by Gasteiger charge is -2.27. The molecule has 0 fully saturated rings. The zero-order valence-electron chi connectivity index (χ0n) is 40.3. The van der Waals surface area contributed by atoms with Crippen molar-refractivity contribution in [2.75, 3.05) is 52.4 Å². The van der Waals surface area contributed by atoms with Crippen LogP contribution < -0.4 is 70.8 Å². The van der Waals surface area contributed by atoms with E-state index in [1.165, 1.54) is 25.7 Å². The van der Waals surface area contributed by atoms with Crippen LogP contribution in [0.3, 0.4) is 0 Å². The molecule has 0 aromatic heterocycles. The number of nitrogens with two attached hydrogens (primary N) is 4. The number of unbranched alkanes of at least 4 members (excludes halogenated alkanes) is 9. The molecular weight excluding hydrogens is 827 g/mol. The van der Waals surface area contributed by atoms with Crippen LogP contribution in [0.15, 0.2) is 30.3 Å². The zero-order valence-corrected chi connectivity index (χ0v) is 40.3. The summed E-state index contributed by atoms with van der Waals surface area (Å²) in [7, 11) is 0. The minimum atomic E-state index is -0.654. The predicted molar refractivity (Wildman–Crippen MR) is 263 cm³/mol. The van der Waals surface area contributed by atoms with E-state index in [4.69, 9.17) is 22.9 Å². The van der Waals surface area contributed by atoms with E-state index in [1.807, 2.05) is 30.3 Å². The van der Waals surface area contributed by atoms with E-state index >= 15 is 0 Å². The molecule has 374 valence electrons. The SMILES string of the molecule is CCCCCCCCCC(=O)N[C@H](CNC(=O)N[C@@H](CCCCN)CNC(=O)N[C@@H](CCCCN)CN[C@H](CNC(=O)N[C@@H](CCCCN)CNC(N)=O)CC(C)C)Cc1ccccc1. The highest BCUT2D eigenvalue weighted by Gasteiger charge is 2.21. The van der Waals surface area contributed by atoms with Crippen LogP contribution in [0.1, 0.15) is 142 Å². The second-order valence-corrected chi connectivity index (χ2v) is 17.8. The van der Waals surface area contributed by atoms with Crippen LogP contribution in [0.2, 0.25) is 0 Å². The first kappa shape index (κ1) is 58.6. The molecule has 5 atom stereocenters. The first-order chi connectivity index (χ1) is 31.4. The Kier molecular flexibility index (Phi) is 35.0. The third-order valence-electron chi connectivity index (χ3n) is 11.2. The molecule has 1 aromatic carbocycles. The molecule has 1 aromatic rings. The Morgan fingerprint density at radius 3 is 1.43 bits per heavy atom. The number of hydrogen-bond acceptors (Lipinski definition) is 9. The number of carbonyl (C=O) groups is 5. The maximum Gasteiger partial charge on any atom is 0.315 e. The molecule has 0 spiro atoms. The third kappa shape index (κ3) is 33.7. The molecule has 0 radical (unpaired) electrons. The Bertz CT molecular complexity index is 1390.